The fourth-order valence-electron chi connectivity index (χ4n) is 1.83. The molecule has 1 aliphatic rings. The second kappa shape index (κ2) is 6.08. The van der Waals surface area contributed by atoms with Gasteiger partial charge in [0.25, 0.3) is 11.8 Å². The molecule has 22 heavy (non-hydrogen) atoms. The zero-order valence-electron chi connectivity index (χ0n) is 11.4. The van der Waals surface area contributed by atoms with Crippen LogP contribution in [0.5, 0.6) is 11.5 Å². The summed E-state index contributed by atoms with van der Waals surface area (Å²) in [6.45, 7) is 0.0594. The Morgan fingerprint density at radius 2 is 1.95 bits per heavy atom. The Balaban J connectivity index is 1.56. The molecule has 8 heteroatoms. The van der Waals surface area contributed by atoms with Crippen LogP contribution >= 0.6 is 0 Å². The number of carbonyl (C=O) groups excluding carboxylic acids is 2. The van der Waals surface area contributed by atoms with Crippen LogP contribution < -0.4 is 20.3 Å². The molecule has 1 aromatic heterocycles. The number of para-hydroxylation sites is 2. The van der Waals surface area contributed by atoms with Gasteiger partial charge in [-0.05, 0) is 12.1 Å². The summed E-state index contributed by atoms with van der Waals surface area (Å²) in [6, 6.07) is 7.04. The van der Waals surface area contributed by atoms with E-state index in [1.807, 2.05) is 6.07 Å². The molecule has 2 heterocycles. The van der Waals surface area contributed by atoms with Crippen LogP contribution in [0.1, 0.15) is 10.5 Å². The van der Waals surface area contributed by atoms with Crippen molar-refractivity contribution >= 4 is 11.8 Å². The number of fused-ring (bicyclic) bond motifs is 1. The summed E-state index contributed by atoms with van der Waals surface area (Å²) in [5, 5.41) is 0. The van der Waals surface area contributed by atoms with Gasteiger partial charge in [0.2, 0.25) is 6.10 Å². The molecule has 2 aromatic rings. The van der Waals surface area contributed by atoms with E-state index in [2.05, 4.69) is 20.8 Å². The molecular formula is C14H12N4O4. The Hall–Kier alpha value is -3.16. The van der Waals surface area contributed by atoms with E-state index >= 15 is 0 Å². The first-order chi connectivity index (χ1) is 10.7. The molecule has 2 amide bonds. The summed E-state index contributed by atoms with van der Waals surface area (Å²) >= 11 is 0. The molecule has 0 bridgehead atoms. The third kappa shape index (κ3) is 2.95. The van der Waals surface area contributed by atoms with Crippen LogP contribution in [0.25, 0.3) is 0 Å². The van der Waals surface area contributed by atoms with E-state index in [-0.39, 0.29) is 12.3 Å². The fourth-order valence-corrected chi connectivity index (χ4v) is 1.83. The van der Waals surface area contributed by atoms with Gasteiger partial charge in [-0.2, -0.15) is 0 Å². The minimum Gasteiger partial charge on any atom is -0.485 e. The Bertz CT molecular complexity index is 692. The van der Waals surface area contributed by atoms with Crippen molar-refractivity contribution in [3.63, 3.8) is 0 Å². The summed E-state index contributed by atoms with van der Waals surface area (Å²) in [5.74, 6) is -0.0328. The lowest BCUT2D eigenvalue weighted by Crippen LogP contribution is -2.51. The summed E-state index contributed by atoms with van der Waals surface area (Å²) in [5.41, 5.74) is 4.61. The molecule has 1 aromatic carbocycles. The molecule has 0 spiro atoms. The lowest BCUT2D eigenvalue weighted by molar-refractivity contribution is -0.131. The second-order valence-corrected chi connectivity index (χ2v) is 4.40. The molecular weight excluding hydrogens is 288 g/mol. The molecule has 0 saturated carbocycles. The average Bonchev–Trinajstić information content (AvgIpc) is 2.59. The largest absolute Gasteiger partial charge is 0.485 e. The number of hydrogen-bond acceptors (Lipinski definition) is 6. The lowest BCUT2D eigenvalue weighted by Gasteiger charge is -2.25. The molecule has 0 aliphatic carbocycles. The van der Waals surface area contributed by atoms with Crippen LogP contribution in [0.2, 0.25) is 0 Å². The van der Waals surface area contributed by atoms with Gasteiger partial charge in [-0.3, -0.25) is 25.4 Å². The van der Waals surface area contributed by atoms with Crippen LogP contribution in [0.3, 0.4) is 0 Å². The lowest BCUT2D eigenvalue weighted by atomic mass is 10.2. The van der Waals surface area contributed by atoms with Gasteiger partial charge in [-0.25, -0.2) is 4.98 Å². The quantitative estimate of drug-likeness (QED) is 0.761. The van der Waals surface area contributed by atoms with Crippen LogP contribution in [-0.2, 0) is 4.79 Å². The summed E-state index contributed by atoms with van der Waals surface area (Å²) < 4.78 is 10.9. The molecule has 0 radical (unpaired) electrons. The van der Waals surface area contributed by atoms with Crippen molar-refractivity contribution < 1.29 is 19.1 Å². The van der Waals surface area contributed by atoms with Gasteiger partial charge in [-0.15, -0.1) is 0 Å². The first-order valence-corrected chi connectivity index (χ1v) is 6.49. The van der Waals surface area contributed by atoms with Crippen molar-refractivity contribution in [2.45, 2.75) is 6.10 Å². The van der Waals surface area contributed by atoms with E-state index in [1.165, 1.54) is 18.6 Å². The number of aromatic nitrogens is 2. The van der Waals surface area contributed by atoms with Gasteiger partial charge in [0, 0.05) is 12.4 Å². The van der Waals surface area contributed by atoms with Gasteiger partial charge in [0.05, 0.1) is 6.20 Å². The number of nitrogens with one attached hydrogen (secondary N) is 2. The molecule has 0 unspecified atom stereocenters. The summed E-state index contributed by atoms with van der Waals surface area (Å²) in [6.07, 6.45) is 3.26. The molecule has 1 atom stereocenters. The van der Waals surface area contributed by atoms with Gasteiger partial charge in [0.1, 0.15) is 12.3 Å². The van der Waals surface area contributed by atoms with E-state index in [1.54, 1.807) is 18.2 Å². The summed E-state index contributed by atoms with van der Waals surface area (Å²) in [4.78, 5) is 31.3. The normalized spacial score (nSPS) is 15.7. The number of hydrazine groups is 1. The van der Waals surface area contributed by atoms with E-state index in [4.69, 9.17) is 9.47 Å². The number of ether oxygens (including phenoxy) is 2. The van der Waals surface area contributed by atoms with Crippen LogP contribution in [0.15, 0.2) is 42.9 Å². The first kappa shape index (κ1) is 13.8. The highest BCUT2D eigenvalue weighted by atomic mass is 16.6. The van der Waals surface area contributed by atoms with Gasteiger partial charge in [-0.1, -0.05) is 12.1 Å². The number of benzene rings is 1. The van der Waals surface area contributed by atoms with Crippen LogP contribution in [0, 0.1) is 0 Å². The van der Waals surface area contributed by atoms with Crippen molar-refractivity contribution in [2.75, 3.05) is 6.61 Å². The maximum Gasteiger partial charge on any atom is 0.289 e. The van der Waals surface area contributed by atoms with E-state index in [0.717, 1.165) is 0 Å². The minimum absolute atomic E-state index is 0.0594. The maximum absolute atomic E-state index is 12.0. The monoisotopic (exact) mass is 300 g/mol. The second-order valence-electron chi connectivity index (χ2n) is 4.40. The topological polar surface area (TPSA) is 102 Å². The molecule has 0 saturated heterocycles. The smallest absolute Gasteiger partial charge is 0.289 e. The molecule has 0 fully saturated rings. The molecule has 3 rings (SSSR count). The SMILES string of the molecule is O=C(NNC(=O)[C@@H]1COc2ccccc2O1)c1cnccn1. The van der Waals surface area contributed by atoms with E-state index in [0.29, 0.717) is 11.5 Å². The van der Waals surface area contributed by atoms with Crippen LogP contribution in [-0.4, -0.2) is 34.5 Å². The highest BCUT2D eigenvalue weighted by Gasteiger charge is 2.27. The third-order valence-corrected chi connectivity index (χ3v) is 2.90. The van der Waals surface area contributed by atoms with Crippen molar-refractivity contribution in [1.29, 1.82) is 0 Å². The molecule has 8 nitrogen and oxygen atoms in total. The van der Waals surface area contributed by atoms with Crippen molar-refractivity contribution in [1.82, 2.24) is 20.8 Å². The van der Waals surface area contributed by atoms with Crippen LogP contribution in [0.4, 0.5) is 0 Å². The number of rotatable bonds is 2. The predicted molar refractivity (Wildman–Crippen MR) is 74.0 cm³/mol. The zero-order valence-corrected chi connectivity index (χ0v) is 11.4. The summed E-state index contributed by atoms with van der Waals surface area (Å²) in [7, 11) is 0. The van der Waals surface area contributed by atoms with Crippen molar-refractivity contribution in [3.05, 3.63) is 48.5 Å². The Morgan fingerprint density at radius 3 is 2.73 bits per heavy atom. The Kier molecular flexibility index (Phi) is 3.82. The number of amides is 2. The van der Waals surface area contributed by atoms with Gasteiger partial charge in [0.15, 0.2) is 11.5 Å². The van der Waals surface area contributed by atoms with Gasteiger partial charge >= 0.3 is 0 Å². The van der Waals surface area contributed by atoms with E-state index < -0.39 is 17.9 Å². The fraction of sp³-hybridized carbons (Fsp3) is 0.143. The minimum atomic E-state index is -0.850. The van der Waals surface area contributed by atoms with Gasteiger partial charge < -0.3 is 9.47 Å². The average molecular weight is 300 g/mol. The number of nitrogens with zero attached hydrogens (tertiary/aromatic N) is 2. The highest BCUT2D eigenvalue weighted by molar-refractivity contribution is 5.93. The maximum atomic E-state index is 12.0. The number of carbonyl (C=O) groups is 2. The Labute approximate surface area is 125 Å². The number of hydrogen-bond donors (Lipinski definition) is 2. The molecule has 2 N–H and O–H groups in total. The van der Waals surface area contributed by atoms with E-state index in [9.17, 15) is 9.59 Å². The standard InChI is InChI=1S/C14H12N4O4/c19-13(9-7-15-5-6-16-9)17-18-14(20)12-8-21-10-3-1-2-4-11(10)22-12/h1-7,12H,8H2,(H,17,19)(H,18,20)/t12-/m0/s1. The Morgan fingerprint density at radius 1 is 1.14 bits per heavy atom. The first-order valence-electron chi connectivity index (χ1n) is 6.49. The molecule has 1 aliphatic heterocycles. The van der Waals surface area contributed by atoms with Crippen molar-refractivity contribution in [3.8, 4) is 11.5 Å². The third-order valence-electron chi connectivity index (χ3n) is 2.90. The predicted octanol–water partition coefficient (Wildman–Crippen LogP) is 0.0776. The molecule has 112 valence electrons. The highest BCUT2D eigenvalue weighted by Crippen LogP contribution is 2.30. The van der Waals surface area contributed by atoms with Crippen molar-refractivity contribution in [2.24, 2.45) is 0 Å². The zero-order chi connectivity index (χ0) is 15.4.